The zero-order valence-electron chi connectivity index (χ0n) is 10.1. The zero-order chi connectivity index (χ0) is 12.5. The van der Waals surface area contributed by atoms with Crippen molar-refractivity contribution < 1.29 is 4.74 Å². The monoisotopic (exact) mass is 227 g/mol. The Kier molecular flexibility index (Phi) is 5.72. The Morgan fingerprint density at radius 2 is 2.12 bits per heavy atom. The normalized spacial score (nSPS) is 11.2. The van der Waals surface area contributed by atoms with Crippen LogP contribution in [0.2, 0.25) is 0 Å². The molecule has 1 rings (SSSR count). The smallest absolute Gasteiger partial charge is 0.148 e. The largest absolute Gasteiger partial charge is 0.481 e. The van der Waals surface area contributed by atoms with Crippen LogP contribution in [0.15, 0.2) is 24.3 Å². The van der Waals surface area contributed by atoms with Crippen LogP contribution in [0, 0.1) is 24.7 Å². The van der Waals surface area contributed by atoms with Crippen molar-refractivity contribution in [2.45, 2.75) is 25.9 Å². The van der Waals surface area contributed by atoms with E-state index < -0.39 is 0 Å². The summed E-state index contributed by atoms with van der Waals surface area (Å²) in [7, 11) is 0. The first-order valence-corrected chi connectivity index (χ1v) is 5.65. The molecule has 0 heterocycles. The summed E-state index contributed by atoms with van der Waals surface area (Å²) in [5, 5.41) is 3.28. The van der Waals surface area contributed by atoms with E-state index in [-0.39, 0.29) is 12.6 Å². The summed E-state index contributed by atoms with van der Waals surface area (Å²) < 4.78 is 5.46. The summed E-state index contributed by atoms with van der Waals surface area (Å²) in [5.41, 5.74) is 1.07. The molecule has 0 amide bonds. The highest BCUT2D eigenvalue weighted by molar-refractivity contribution is 5.33. The quantitative estimate of drug-likeness (QED) is 0.752. The van der Waals surface area contributed by atoms with Crippen molar-refractivity contribution in [3.8, 4) is 30.4 Å². The minimum Gasteiger partial charge on any atom is -0.481 e. The molecule has 0 fully saturated rings. The van der Waals surface area contributed by atoms with Crippen molar-refractivity contribution >= 4 is 0 Å². The number of hydrogen-bond donors (Lipinski definition) is 1. The standard InChI is InChI=1S/C15H17NO/c1-4-11-17-15-10-8-7-9-13(15)12-16-14(5-2)6-3/h1-2,7-10,14,16H,6,11-12H2,3H3. The van der Waals surface area contributed by atoms with Gasteiger partial charge in [-0.05, 0) is 12.5 Å². The van der Waals surface area contributed by atoms with Crippen LogP contribution in [0.3, 0.4) is 0 Å². The van der Waals surface area contributed by atoms with E-state index in [0.29, 0.717) is 6.54 Å². The molecule has 0 aliphatic carbocycles. The molecule has 1 aromatic carbocycles. The second-order valence-corrected chi connectivity index (χ2v) is 3.61. The van der Waals surface area contributed by atoms with Crippen LogP contribution >= 0.6 is 0 Å². The zero-order valence-corrected chi connectivity index (χ0v) is 10.1. The third-order valence-corrected chi connectivity index (χ3v) is 2.43. The molecule has 0 saturated heterocycles. The molecule has 88 valence electrons. The molecule has 1 aromatic rings. The molecule has 2 nitrogen and oxygen atoms in total. The van der Waals surface area contributed by atoms with E-state index in [1.54, 1.807) is 0 Å². The topological polar surface area (TPSA) is 21.3 Å². The van der Waals surface area contributed by atoms with Crippen molar-refractivity contribution in [2.75, 3.05) is 6.61 Å². The highest BCUT2D eigenvalue weighted by Crippen LogP contribution is 2.17. The predicted molar refractivity (Wildman–Crippen MR) is 70.5 cm³/mol. The molecule has 1 N–H and O–H groups in total. The molecule has 0 bridgehead atoms. The summed E-state index contributed by atoms with van der Waals surface area (Å²) in [5.74, 6) is 5.97. The summed E-state index contributed by atoms with van der Waals surface area (Å²) >= 11 is 0. The van der Waals surface area contributed by atoms with E-state index in [2.05, 4.69) is 24.1 Å². The Bertz CT molecular complexity index is 425. The average molecular weight is 227 g/mol. The lowest BCUT2D eigenvalue weighted by molar-refractivity contribution is 0.364. The van der Waals surface area contributed by atoms with Gasteiger partial charge in [-0.1, -0.05) is 37.0 Å². The number of para-hydroxylation sites is 1. The van der Waals surface area contributed by atoms with Gasteiger partial charge in [-0.3, -0.25) is 5.32 Å². The molecule has 17 heavy (non-hydrogen) atoms. The maximum Gasteiger partial charge on any atom is 0.148 e. The van der Waals surface area contributed by atoms with E-state index >= 15 is 0 Å². The minimum atomic E-state index is 0.0932. The summed E-state index contributed by atoms with van der Waals surface area (Å²) in [4.78, 5) is 0. The lowest BCUT2D eigenvalue weighted by Gasteiger charge is -2.13. The minimum absolute atomic E-state index is 0.0932. The average Bonchev–Trinajstić information content (AvgIpc) is 2.38. The van der Waals surface area contributed by atoms with Crippen molar-refractivity contribution in [3.63, 3.8) is 0 Å². The van der Waals surface area contributed by atoms with Gasteiger partial charge in [0.15, 0.2) is 0 Å². The van der Waals surface area contributed by atoms with Crippen molar-refractivity contribution in [1.82, 2.24) is 5.32 Å². The summed E-state index contributed by atoms with van der Waals surface area (Å²) in [6.45, 7) is 3.02. The van der Waals surface area contributed by atoms with Gasteiger partial charge in [0, 0.05) is 12.1 Å². The highest BCUT2D eigenvalue weighted by atomic mass is 16.5. The Labute approximate surface area is 103 Å². The van der Waals surface area contributed by atoms with Gasteiger partial charge >= 0.3 is 0 Å². The van der Waals surface area contributed by atoms with Gasteiger partial charge in [-0.25, -0.2) is 0 Å². The SMILES string of the molecule is C#CCOc1ccccc1CNC(C#C)CC. The van der Waals surface area contributed by atoms with Gasteiger partial charge in [-0.2, -0.15) is 0 Å². The fourth-order valence-electron chi connectivity index (χ4n) is 1.46. The Hall–Kier alpha value is -1.90. The van der Waals surface area contributed by atoms with E-state index in [1.165, 1.54) is 0 Å². The van der Waals surface area contributed by atoms with E-state index in [0.717, 1.165) is 17.7 Å². The van der Waals surface area contributed by atoms with Crippen molar-refractivity contribution in [3.05, 3.63) is 29.8 Å². The maximum atomic E-state index is 5.46. The van der Waals surface area contributed by atoms with Gasteiger partial charge in [0.25, 0.3) is 0 Å². The molecule has 1 unspecified atom stereocenters. The van der Waals surface area contributed by atoms with Gasteiger partial charge in [0.2, 0.25) is 0 Å². The first-order valence-electron chi connectivity index (χ1n) is 5.65. The van der Waals surface area contributed by atoms with Gasteiger partial charge in [0.05, 0.1) is 6.04 Å². The van der Waals surface area contributed by atoms with Gasteiger partial charge in [0.1, 0.15) is 12.4 Å². The van der Waals surface area contributed by atoms with Crippen LogP contribution in [0.25, 0.3) is 0 Å². The number of benzene rings is 1. The van der Waals surface area contributed by atoms with E-state index in [9.17, 15) is 0 Å². The first kappa shape index (κ1) is 13.2. The molecule has 0 aliphatic heterocycles. The van der Waals surface area contributed by atoms with E-state index in [4.69, 9.17) is 17.6 Å². The summed E-state index contributed by atoms with van der Waals surface area (Å²) in [6.07, 6.45) is 11.5. The first-order chi connectivity index (χ1) is 8.31. The molecule has 0 saturated carbocycles. The molecule has 0 aliphatic rings. The van der Waals surface area contributed by atoms with Crippen LogP contribution in [0.5, 0.6) is 5.75 Å². The Morgan fingerprint density at radius 3 is 2.76 bits per heavy atom. The van der Waals surface area contributed by atoms with Crippen LogP contribution in [-0.4, -0.2) is 12.6 Å². The van der Waals surface area contributed by atoms with Gasteiger partial charge in [-0.15, -0.1) is 12.8 Å². The molecular formula is C15H17NO. The number of hydrogen-bond acceptors (Lipinski definition) is 2. The predicted octanol–water partition coefficient (Wildman–Crippen LogP) is 2.20. The van der Waals surface area contributed by atoms with Crippen LogP contribution in [0.1, 0.15) is 18.9 Å². The van der Waals surface area contributed by atoms with Gasteiger partial charge < -0.3 is 4.74 Å². The Balaban J connectivity index is 2.64. The summed E-state index contributed by atoms with van der Waals surface area (Å²) in [6, 6.07) is 7.90. The van der Waals surface area contributed by atoms with Crippen LogP contribution in [0.4, 0.5) is 0 Å². The number of rotatable bonds is 6. The second kappa shape index (κ2) is 7.39. The Morgan fingerprint density at radius 1 is 1.35 bits per heavy atom. The molecular weight excluding hydrogens is 210 g/mol. The maximum absolute atomic E-state index is 5.46. The third-order valence-electron chi connectivity index (χ3n) is 2.43. The lowest BCUT2D eigenvalue weighted by Crippen LogP contribution is -2.26. The molecule has 1 atom stereocenters. The fourth-order valence-corrected chi connectivity index (χ4v) is 1.46. The molecule has 0 aromatic heterocycles. The van der Waals surface area contributed by atoms with Crippen molar-refractivity contribution in [2.24, 2.45) is 0 Å². The fraction of sp³-hybridized carbons (Fsp3) is 0.333. The molecule has 0 spiro atoms. The highest BCUT2D eigenvalue weighted by Gasteiger charge is 2.05. The lowest BCUT2D eigenvalue weighted by atomic mass is 10.1. The molecule has 0 radical (unpaired) electrons. The third kappa shape index (κ3) is 4.23. The van der Waals surface area contributed by atoms with Crippen LogP contribution in [-0.2, 0) is 6.54 Å². The number of terminal acetylenes is 2. The second-order valence-electron chi connectivity index (χ2n) is 3.61. The van der Waals surface area contributed by atoms with Crippen LogP contribution < -0.4 is 10.1 Å². The number of ether oxygens (including phenoxy) is 1. The van der Waals surface area contributed by atoms with E-state index in [1.807, 2.05) is 24.3 Å². The number of nitrogens with one attached hydrogen (secondary N) is 1. The van der Waals surface area contributed by atoms with Crippen molar-refractivity contribution in [1.29, 1.82) is 0 Å². The molecule has 2 heteroatoms.